The van der Waals surface area contributed by atoms with Gasteiger partial charge >= 0.3 is 0 Å². The van der Waals surface area contributed by atoms with Crippen molar-refractivity contribution in [2.24, 2.45) is 0 Å². The maximum absolute atomic E-state index is 13.8. The molecule has 46 heavy (non-hydrogen) atoms. The van der Waals surface area contributed by atoms with Crippen LogP contribution in [0.5, 0.6) is 28.9 Å². The highest BCUT2D eigenvalue weighted by Crippen LogP contribution is 2.51. The minimum Gasteiger partial charge on any atom is -0.541 e. The quantitative estimate of drug-likeness (QED) is 0.137. The van der Waals surface area contributed by atoms with E-state index < -0.39 is 14.1 Å². The molecule has 10 heteroatoms. The van der Waals surface area contributed by atoms with Crippen LogP contribution in [-0.2, 0) is 13.0 Å². The number of aromatic nitrogens is 2. The normalized spacial score (nSPS) is 12.2. The van der Waals surface area contributed by atoms with Crippen LogP contribution in [0.3, 0.4) is 0 Å². The fourth-order valence-corrected chi connectivity index (χ4v) is 12.4. The van der Waals surface area contributed by atoms with Gasteiger partial charge in [-0.25, -0.2) is 4.39 Å². The van der Waals surface area contributed by atoms with Crippen molar-refractivity contribution in [2.45, 2.75) is 71.1 Å². The summed E-state index contributed by atoms with van der Waals surface area (Å²) in [6.45, 7) is 13.5. The molecule has 0 fully saturated rings. The van der Waals surface area contributed by atoms with Crippen molar-refractivity contribution in [3.05, 3.63) is 82.4 Å². The number of methoxy groups -OCH3 is 2. The van der Waals surface area contributed by atoms with Crippen LogP contribution in [0, 0.1) is 5.82 Å². The Labute approximate surface area is 275 Å². The number of nitrogens with zero attached hydrogens (tertiary/aromatic N) is 2. The van der Waals surface area contributed by atoms with Gasteiger partial charge in [-0.2, -0.15) is 0 Å². The Balaban J connectivity index is 1.75. The lowest BCUT2D eigenvalue weighted by Crippen LogP contribution is -2.50. The summed E-state index contributed by atoms with van der Waals surface area (Å²) in [6, 6.07) is 12.0. The Morgan fingerprint density at radius 2 is 1.59 bits per heavy atom. The zero-order valence-corrected chi connectivity index (χ0v) is 29.4. The van der Waals surface area contributed by atoms with E-state index in [9.17, 15) is 14.6 Å². The Hall–Kier alpha value is -3.95. The van der Waals surface area contributed by atoms with Crippen LogP contribution in [-0.4, -0.2) is 42.3 Å². The fourth-order valence-electron chi connectivity index (χ4n) is 6.98. The molecular formula is C36H42ClFN2O5Si. The Morgan fingerprint density at radius 3 is 2.20 bits per heavy atom. The monoisotopic (exact) mass is 664 g/mol. The summed E-state index contributed by atoms with van der Waals surface area (Å²) in [5.41, 5.74) is 3.67. The molecule has 0 aliphatic rings. The largest absolute Gasteiger partial charge is 0.541 e. The summed E-state index contributed by atoms with van der Waals surface area (Å²) in [5.74, 6) is 1.22. The van der Waals surface area contributed by atoms with Gasteiger partial charge in [-0.1, -0.05) is 59.2 Å². The average Bonchev–Trinajstić information content (AvgIpc) is 3.34. The lowest BCUT2D eigenvalue weighted by atomic mass is 10.0. The molecule has 0 bridgehead atoms. The highest BCUT2D eigenvalue weighted by Gasteiger charge is 2.48. The molecule has 0 saturated heterocycles. The minimum absolute atomic E-state index is 0.00880. The second kappa shape index (κ2) is 13.0. The molecule has 0 unspecified atom stereocenters. The van der Waals surface area contributed by atoms with E-state index in [2.05, 4.69) is 41.5 Å². The van der Waals surface area contributed by atoms with Gasteiger partial charge in [-0.05, 0) is 64.5 Å². The SMILES string of the molecule is COc1ccc(Cn2cc3c(O)c4cc(Cc5ccc(F)c(Cl)c5)cnc4c(O[Si](C(C)C)(C(C)C)C(C)C)c3c2O)c(OC)c1. The van der Waals surface area contributed by atoms with Gasteiger partial charge in [0.05, 0.1) is 31.2 Å². The molecule has 7 nitrogen and oxygen atoms in total. The predicted molar refractivity (Wildman–Crippen MR) is 185 cm³/mol. The minimum atomic E-state index is -2.55. The van der Waals surface area contributed by atoms with Crippen LogP contribution in [0.15, 0.2) is 54.9 Å². The number of hydrogen-bond donors (Lipinski definition) is 2. The van der Waals surface area contributed by atoms with E-state index >= 15 is 0 Å². The number of pyridine rings is 1. The highest BCUT2D eigenvalue weighted by molar-refractivity contribution is 6.78. The zero-order chi connectivity index (χ0) is 33.5. The molecule has 0 aliphatic heterocycles. The molecule has 2 heterocycles. The van der Waals surface area contributed by atoms with E-state index in [1.807, 2.05) is 18.2 Å². The zero-order valence-electron chi connectivity index (χ0n) is 27.6. The second-order valence-electron chi connectivity index (χ2n) is 12.8. The third-order valence-electron chi connectivity index (χ3n) is 9.16. The standard InChI is InChI=1S/C36H42ClFN2O5Si/c1-20(2)46(21(3)4,22(5)6)45-35-32-28(19-40(36(32)42)18-25-10-11-26(43-7)16-31(25)44-8)34(41)27-14-24(17-39-33(27)35)13-23-9-12-30(38)29(37)15-23/h9-12,14-17,19-22,41-42H,13,18H2,1-8H3. The van der Waals surface area contributed by atoms with E-state index in [-0.39, 0.29) is 39.8 Å². The van der Waals surface area contributed by atoms with E-state index in [1.54, 1.807) is 49.4 Å². The van der Waals surface area contributed by atoms with E-state index in [4.69, 9.17) is 30.5 Å². The highest BCUT2D eigenvalue weighted by atomic mass is 35.5. The predicted octanol–water partition coefficient (Wildman–Crippen LogP) is 9.60. The smallest absolute Gasteiger partial charge is 0.258 e. The van der Waals surface area contributed by atoms with Crippen LogP contribution < -0.4 is 13.9 Å². The maximum atomic E-state index is 13.8. The molecule has 3 aromatic carbocycles. The number of ether oxygens (including phenoxy) is 2. The number of hydrogen-bond acceptors (Lipinski definition) is 6. The van der Waals surface area contributed by atoms with Gasteiger partial charge in [-0.3, -0.25) is 4.98 Å². The van der Waals surface area contributed by atoms with Crippen molar-refractivity contribution in [2.75, 3.05) is 14.2 Å². The van der Waals surface area contributed by atoms with E-state index in [0.717, 1.165) is 16.7 Å². The molecule has 2 N–H and O–H groups in total. The van der Waals surface area contributed by atoms with Crippen molar-refractivity contribution in [3.8, 4) is 28.9 Å². The molecule has 0 radical (unpaired) electrons. The summed E-state index contributed by atoms with van der Waals surface area (Å²) in [4.78, 5) is 4.85. The number of halogens is 2. The molecule has 5 aromatic rings. The molecule has 0 amide bonds. The van der Waals surface area contributed by atoms with Gasteiger partial charge in [0.2, 0.25) is 5.88 Å². The molecule has 0 spiro atoms. The van der Waals surface area contributed by atoms with Crippen LogP contribution in [0.1, 0.15) is 58.2 Å². The number of phenols is 1. The average molecular weight is 665 g/mol. The first-order valence-corrected chi connectivity index (χ1v) is 18.0. The van der Waals surface area contributed by atoms with Crippen molar-refractivity contribution in [1.82, 2.24) is 9.55 Å². The molecule has 0 saturated carbocycles. The van der Waals surface area contributed by atoms with Gasteiger partial charge in [-0.15, -0.1) is 0 Å². The number of benzene rings is 3. The first-order chi connectivity index (χ1) is 21.8. The van der Waals surface area contributed by atoms with Gasteiger partial charge in [0.25, 0.3) is 8.32 Å². The third kappa shape index (κ3) is 5.86. The summed E-state index contributed by atoms with van der Waals surface area (Å²) >= 11 is 6.05. The number of rotatable bonds is 11. The maximum Gasteiger partial charge on any atom is 0.258 e. The van der Waals surface area contributed by atoms with Gasteiger partial charge in [0.15, 0.2) is 0 Å². The molecule has 2 aromatic heterocycles. The lowest BCUT2D eigenvalue weighted by molar-refractivity contribution is 0.387. The first-order valence-electron chi connectivity index (χ1n) is 15.5. The van der Waals surface area contributed by atoms with Gasteiger partial charge in [0, 0.05) is 34.8 Å². The van der Waals surface area contributed by atoms with Gasteiger partial charge < -0.3 is 28.7 Å². The van der Waals surface area contributed by atoms with Crippen molar-refractivity contribution in [3.63, 3.8) is 0 Å². The van der Waals surface area contributed by atoms with Crippen LogP contribution >= 0.6 is 11.6 Å². The summed E-state index contributed by atoms with van der Waals surface area (Å²) in [6.07, 6.45) is 3.91. The van der Waals surface area contributed by atoms with Gasteiger partial charge in [0.1, 0.15) is 34.3 Å². The van der Waals surface area contributed by atoms with E-state index in [1.165, 1.54) is 6.07 Å². The summed E-state index contributed by atoms with van der Waals surface area (Å²) in [7, 11) is 0.638. The third-order valence-corrected chi connectivity index (χ3v) is 15.4. The lowest BCUT2D eigenvalue weighted by Gasteiger charge is -2.42. The molecule has 0 atom stereocenters. The first kappa shape index (κ1) is 33.4. The molecular weight excluding hydrogens is 623 g/mol. The number of aromatic hydroxyl groups is 2. The Bertz CT molecular complexity index is 1880. The number of fused-ring (bicyclic) bond motifs is 2. The fraction of sp³-hybridized carbons (Fsp3) is 0.361. The topological polar surface area (TPSA) is 86.0 Å². The number of phenolic OH excluding ortho intramolecular Hbond substituents is 1. The van der Waals surface area contributed by atoms with Crippen LogP contribution in [0.2, 0.25) is 21.6 Å². The molecule has 244 valence electrons. The van der Waals surface area contributed by atoms with Crippen LogP contribution in [0.25, 0.3) is 21.7 Å². The second-order valence-corrected chi connectivity index (χ2v) is 18.6. The van der Waals surface area contributed by atoms with Crippen molar-refractivity contribution >= 4 is 41.6 Å². The Kier molecular flexibility index (Phi) is 9.47. The molecule has 5 rings (SSSR count). The summed E-state index contributed by atoms with van der Waals surface area (Å²) in [5, 5.41) is 25.1. The van der Waals surface area contributed by atoms with Crippen LogP contribution in [0.4, 0.5) is 4.39 Å². The Morgan fingerprint density at radius 1 is 0.891 bits per heavy atom. The van der Waals surface area contributed by atoms with E-state index in [0.29, 0.717) is 45.3 Å². The summed E-state index contributed by atoms with van der Waals surface area (Å²) < 4.78 is 33.8. The molecule has 0 aliphatic carbocycles. The van der Waals surface area contributed by atoms with Crippen molar-refractivity contribution in [1.29, 1.82) is 0 Å². The van der Waals surface area contributed by atoms with Crippen molar-refractivity contribution < 1.29 is 28.5 Å².